The van der Waals surface area contributed by atoms with E-state index in [2.05, 4.69) is 35.6 Å². The molecule has 196 valence electrons. The lowest BCUT2D eigenvalue weighted by atomic mass is 10.0. The van der Waals surface area contributed by atoms with Crippen LogP contribution in [0.1, 0.15) is 51.0 Å². The van der Waals surface area contributed by atoms with Crippen LogP contribution >= 0.6 is 0 Å². The zero-order valence-electron chi connectivity index (χ0n) is 20.8. The van der Waals surface area contributed by atoms with E-state index >= 15 is 0 Å². The molecule has 3 N–H and O–H groups in total. The van der Waals surface area contributed by atoms with Gasteiger partial charge in [0.25, 0.3) is 0 Å². The molecule has 0 bridgehead atoms. The number of alkyl halides is 3. The minimum Gasteiger partial charge on any atom is -0.341 e. The molecule has 37 heavy (non-hydrogen) atoms. The van der Waals surface area contributed by atoms with E-state index in [0.717, 1.165) is 22.3 Å². The lowest BCUT2D eigenvalue weighted by Gasteiger charge is -2.14. The molecule has 0 aliphatic heterocycles. The van der Waals surface area contributed by atoms with Gasteiger partial charge in [-0.2, -0.15) is 13.2 Å². The van der Waals surface area contributed by atoms with Gasteiger partial charge in [-0.05, 0) is 36.8 Å². The van der Waals surface area contributed by atoms with Gasteiger partial charge in [0.15, 0.2) is 5.65 Å². The number of amides is 1. The monoisotopic (exact) mass is 513 g/mol. The van der Waals surface area contributed by atoms with Crippen LogP contribution in [0.15, 0.2) is 49.2 Å². The van der Waals surface area contributed by atoms with Crippen molar-refractivity contribution >= 4 is 34.3 Å². The third-order valence-corrected chi connectivity index (χ3v) is 5.60. The molecule has 1 aromatic carbocycles. The number of aromatic amines is 1. The molecule has 4 aromatic rings. The fourth-order valence-corrected chi connectivity index (χ4v) is 3.89. The van der Waals surface area contributed by atoms with Crippen LogP contribution in [-0.4, -0.2) is 37.5 Å². The van der Waals surface area contributed by atoms with Gasteiger partial charge in [-0.1, -0.05) is 44.6 Å². The summed E-state index contributed by atoms with van der Waals surface area (Å²) in [5.41, 5.74) is 5.45. The molecule has 0 saturated heterocycles. The molecule has 1 amide bonds. The van der Waals surface area contributed by atoms with Crippen LogP contribution in [0.4, 0.5) is 30.4 Å². The SMILES string of the molecule is C1CCCCC1.CC(=O)Nc1ccc(C)c(Nc2ncccc2-c2ncnc3nc[nH]c23)c1.FC(F)F. The molecule has 5 rings (SSSR count). The summed E-state index contributed by atoms with van der Waals surface area (Å²) >= 11 is 0. The Morgan fingerprint density at radius 1 is 0.973 bits per heavy atom. The number of imidazole rings is 1. The molecule has 0 atom stereocenters. The highest BCUT2D eigenvalue weighted by molar-refractivity contribution is 5.92. The number of hydrogen-bond acceptors (Lipinski definition) is 6. The maximum atomic E-state index is 11.3. The van der Waals surface area contributed by atoms with Gasteiger partial charge in [-0.15, -0.1) is 0 Å². The minimum atomic E-state index is -3.67. The number of pyridine rings is 1. The third kappa shape index (κ3) is 8.55. The van der Waals surface area contributed by atoms with E-state index in [0.29, 0.717) is 22.8 Å². The Kier molecular flexibility index (Phi) is 10.4. The lowest BCUT2D eigenvalue weighted by Crippen LogP contribution is -2.06. The molecule has 1 aliphatic carbocycles. The van der Waals surface area contributed by atoms with Crippen molar-refractivity contribution in [2.24, 2.45) is 0 Å². The topological polar surface area (TPSA) is 108 Å². The Morgan fingerprint density at radius 3 is 2.30 bits per heavy atom. The molecule has 1 saturated carbocycles. The molecule has 3 aromatic heterocycles. The molecule has 8 nitrogen and oxygen atoms in total. The van der Waals surface area contributed by atoms with Crippen molar-refractivity contribution in [3.8, 4) is 11.3 Å². The summed E-state index contributed by atoms with van der Waals surface area (Å²) in [4.78, 5) is 31.7. The second kappa shape index (κ2) is 13.9. The summed E-state index contributed by atoms with van der Waals surface area (Å²) in [6.45, 7) is -0.200. The van der Waals surface area contributed by atoms with Crippen molar-refractivity contribution in [2.75, 3.05) is 10.6 Å². The van der Waals surface area contributed by atoms with Crippen LogP contribution in [-0.2, 0) is 4.79 Å². The van der Waals surface area contributed by atoms with Gasteiger partial charge in [0.1, 0.15) is 23.4 Å². The first-order valence-electron chi connectivity index (χ1n) is 12.0. The Morgan fingerprint density at radius 2 is 1.65 bits per heavy atom. The number of benzene rings is 1. The van der Waals surface area contributed by atoms with Gasteiger partial charge < -0.3 is 15.6 Å². The van der Waals surface area contributed by atoms with Crippen molar-refractivity contribution in [1.29, 1.82) is 0 Å². The number of anilines is 3. The number of hydrogen-bond donors (Lipinski definition) is 3. The highest BCUT2D eigenvalue weighted by Gasteiger charge is 2.14. The number of aromatic nitrogens is 5. The van der Waals surface area contributed by atoms with Crippen LogP contribution in [0.2, 0.25) is 0 Å². The maximum absolute atomic E-state index is 11.3. The number of carbonyl (C=O) groups excluding carboxylic acids is 1. The van der Waals surface area contributed by atoms with E-state index in [4.69, 9.17) is 0 Å². The zero-order chi connectivity index (χ0) is 26.6. The normalized spacial score (nSPS) is 12.7. The Bertz CT molecular complexity index is 1280. The van der Waals surface area contributed by atoms with E-state index < -0.39 is 6.68 Å². The summed E-state index contributed by atoms with van der Waals surface area (Å²) in [5, 5.41) is 6.14. The molecule has 0 unspecified atom stereocenters. The van der Waals surface area contributed by atoms with Gasteiger partial charge in [0.2, 0.25) is 5.91 Å². The van der Waals surface area contributed by atoms with Crippen LogP contribution in [0.5, 0.6) is 0 Å². The largest absolute Gasteiger partial charge is 0.379 e. The highest BCUT2D eigenvalue weighted by atomic mass is 19.4. The molecule has 0 spiro atoms. The van der Waals surface area contributed by atoms with E-state index in [1.54, 1.807) is 12.5 Å². The number of halogens is 3. The van der Waals surface area contributed by atoms with Crippen molar-refractivity contribution in [1.82, 2.24) is 24.9 Å². The lowest BCUT2D eigenvalue weighted by molar-refractivity contribution is -0.114. The second-order valence-electron chi connectivity index (χ2n) is 8.43. The average molecular weight is 514 g/mol. The molecular formula is C26H30F3N7O. The number of nitrogens with zero attached hydrogens (tertiary/aromatic N) is 4. The van der Waals surface area contributed by atoms with Crippen LogP contribution < -0.4 is 10.6 Å². The first-order valence-corrected chi connectivity index (χ1v) is 12.0. The molecule has 1 aliphatic rings. The van der Waals surface area contributed by atoms with Gasteiger partial charge in [0, 0.05) is 30.1 Å². The van der Waals surface area contributed by atoms with Crippen LogP contribution in [0, 0.1) is 6.92 Å². The number of rotatable bonds is 4. The molecule has 11 heteroatoms. The smallest absolute Gasteiger partial charge is 0.341 e. The summed E-state index contributed by atoms with van der Waals surface area (Å²) in [6, 6.07) is 9.46. The summed E-state index contributed by atoms with van der Waals surface area (Å²) in [7, 11) is 0. The van der Waals surface area contributed by atoms with Crippen molar-refractivity contribution in [3.63, 3.8) is 0 Å². The van der Waals surface area contributed by atoms with Crippen LogP contribution in [0.3, 0.4) is 0 Å². The summed E-state index contributed by atoms with van der Waals surface area (Å²) < 4.78 is 29.0. The first-order chi connectivity index (χ1) is 17.8. The molecule has 1 fully saturated rings. The van der Waals surface area contributed by atoms with Crippen molar-refractivity contribution in [2.45, 2.75) is 59.1 Å². The standard InChI is InChI=1S/C19H17N7O.C6H12.CHF3/c1-11-5-6-13(25-12(2)27)8-15(11)26-18-14(4-3-7-20-18)16-17-19(23-9-21-16)24-10-22-17;1-2-4-6-5-3-1;2-1(3)4/h3-10H,1-2H3,(H,20,26)(H,25,27)(H,21,22,23,24);1-6H2;1H. The van der Waals surface area contributed by atoms with Crippen molar-refractivity contribution in [3.05, 3.63) is 54.7 Å². The Hall–Kier alpha value is -4.02. The Labute approximate surface area is 213 Å². The Balaban J connectivity index is 0.000000320. The zero-order valence-corrected chi connectivity index (χ0v) is 20.8. The van der Waals surface area contributed by atoms with Crippen molar-refractivity contribution < 1.29 is 18.0 Å². The fraction of sp³-hybridized carbons (Fsp3) is 0.346. The first kappa shape index (κ1) is 27.6. The van der Waals surface area contributed by atoms with Gasteiger partial charge in [0.05, 0.1) is 6.33 Å². The van der Waals surface area contributed by atoms with E-state index in [1.807, 2.05) is 37.3 Å². The number of aryl methyl sites for hydroxylation is 1. The number of H-pyrrole nitrogens is 1. The second-order valence-corrected chi connectivity index (χ2v) is 8.43. The van der Waals surface area contributed by atoms with Gasteiger partial charge in [-0.25, -0.2) is 19.9 Å². The predicted molar refractivity (Wildman–Crippen MR) is 138 cm³/mol. The number of fused-ring (bicyclic) bond motifs is 1. The van der Waals surface area contributed by atoms with E-state index in [9.17, 15) is 18.0 Å². The van der Waals surface area contributed by atoms with E-state index in [1.165, 1.54) is 51.8 Å². The fourth-order valence-electron chi connectivity index (χ4n) is 3.89. The molecule has 3 heterocycles. The van der Waals surface area contributed by atoms with Gasteiger partial charge >= 0.3 is 6.68 Å². The number of nitrogens with one attached hydrogen (secondary N) is 3. The predicted octanol–water partition coefficient (Wildman–Crippen LogP) is 6.94. The average Bonchev–Trinajstić information content (AvgIpc) is 3.37. The van der Waals surface area contributed by atoms with Crippen LogP contribution in [0.25, 0.3) is 22.4 Å². The number of carbonyl (C=O) groups is 1. The molecule has 0 radical (unpaired) electrons. The minimum absolute atomic E-state index is 0.119. The maximum Gasteiger partial charge on any atom is 0.379 e. The van der Waals surface area contributed by atoms with Gasteiger partial charge in [-0.3, -0.25) is 4.79 Å². The summed E-state index contributed by atoms with van der Waals surface area (Å²) in [6.07, 6.45) is 13.8. The third-order valence-electron chi connectivity index (χ3n) is 5.60. The quantitative estimate of drug-likeness (QED) is 0.273. The summed E-state index contributed by atoms with van der Waals surface area (Å²) in [5.74, 6) is 0.529. The highest BCUT2D eigenvalue weighted by Crippen LogP contribution is 2.32. The molecular weight excluding hydrogens is 483 g/mol. The van der Waals surface area contributed by atoms with E-state index in [-0.39, 0.29) is 5.91 Å².